The molecule has 2 bridgehead atoms. The van der Waals surface area contributed by atoms with Crippen LogP contribution in [0.1, 0.15) is 111 Å². The van der Waals surface area contributed by atoms with Crippen LogP contribution in [0.2, 0.25) is 0 Å². The van der Waals surface area contributed by atoms with Crippen LogP contribution in [0.3, 0.4) is 0 Å². The number of amides is 2. The number of nitrogens with one attached hydrogen (secondary N) is 1. The second-order valence-corrected chi connectivity index (χ2v) is 17.9. The molecule has 0 radical (unpaired) electrons. The largest absolute Gasteiger partial charge is 0.339 e. The number of aromatic nitrogens is 1. The van der Waals surface area contributed by atoms with E-state index < -0.39 is 26.1 Å². The van der Waals surface area contributed by atoms with Crippen LogP contribution in [0.4, 0.5) is 4.39 Å². The van der Waals surface area contributed by atoms with Gasteiger partial charge in [-0.15, -0.1) is 0 Å². The van der Waals surface area contributed by atoms with Gasteiger partial charge < -0.3 is 14.4 Å². The lowest BCUT2D eigenvalue weighted by molar-refractivity contribution is -0.143. The maximum Gasteiger partial charge on any atom is 0.264 e. The minimum absolute atomic E-state index is 0.0793. The maximum atomic E-state index is 15.1. The summed E-state index contributed by atoms with van der Waals surface area (Å²) >= 11 is 0. The number of benzene rings is 2. The smallest absolute Gasteiger partial charge is 0.264 e. The number of sulfonamides is 1. The molecular formula is C38H45FN4O4S. The fourth-order valence-electron chi connectivity index (χ4n) is 10.2. The number of hydrogen-bond donors (Lipinski definition) is 1. The normalized spacial score (nSPS) is 29.1. The number of halogens is 1. The van der Waals surface area contributed by atoms with Crippen molar-refractivity contribution < 1.29 is 22.4 Å². The van der Waals surface area contributed by atoms with Crippen LogP contribution in [0, 0.1) is 11.2 Å². The van der Waals surface area contributed by atoms with Crippen molar-refractivity contribution in [3.63, 3.8) is 0 Å². The Morgan fingerprint density at radius 3 is 2.40 bits per heavy atom. The van der Waals surface area contributed by atoms with Crippen molar-refractivity contribution in [2.75, 3.05) is 20.1 Å². The Kier molecular flexibility index (Phi) is 6.82. The number of likely N-dealkylation sites (N-methyl/N-ethyl adjacent to an activating group) is 1. The fraction of sp³-hybridized carbons (Fsp3) is 0.579. The van der Waals surface area contributed by atoms with E-state index >= 15 is 4.39 Å². The van der Waals surface area contributed by atoms with E-state index in [2.05, 4.69) is 26.1 Å². The number of carbonyl (C=O) groups is 2. The number of rotatable bonds is 6. The van der Waals surface area contributed by atoms with Crippen molar-refractivity contribution >= 4 is 32.7 Å². The van der Waals surface area contributed by atoms with Crippen LogP contribution in [-0.2, 0) is 21.4 Å². The van der Waals surface area contributed by atoms with E-state index in [0.717, 1.165) is 79.3 Å². The predicted molar refractivity (Wildman–Crippen MR) is 183 cm³/mol. The van der Waals surface area contributed by atoms with Gasteiger partial charge in [0.05, 0.1) is 15.9 Å². The minimum Gasteiger partial charge on any atom is -0.339 e. The molecule has 2 saturated heterocycles. The van der Waals surface area contributed by atoms with Crippen molar-refractivity contribution in [3.05, 3.63) is 58.9 Å². The molecule has 6 aliphatic rings. The monoisotopic (exact) mass is 672 g/mol. The molecule has 8 nitrogen and oxygen atoms in total. The number of likely N-dealkylation sites (tertiary alicyclic amines) is 1. The van der Waals surface area contributed by atoms with Gasteiger partial charge in [-0.05, 0) is 106 Å². The third-order valence-electron chi connectivity index (χ3n) is 13.1. The average Bonchev–Trinajstić information content (AvgIpc) is 3.98. The number of piperazine rings is 1. The molecule has 254 valence electrons. The van der Waals surface area contributed by atoms with Gasteiger partial charge in [-0.3, -0.25) is 9.59 Å². The predicted octanol–water partition coefficient (Wildman–Crippen LogP) is 6.29. The SMILES string of the molecule is CCC1(S(=O)(=O)NC(=O)c2ccc3c(C4CCCCC4)c4n(c3c2)C[C@@]2(C(=O)N3C5CCC3CN(C)C5)C[C@H]2c2cc(F)ccc2-4)CC1. The van der Waals surface area contributed by atoms with E-state index in [0.29, 0.717) is 43.7 Å². The van der Waals surface area contributed by atoms with E-state index in [4.69, 9.17) is 0 Å². The van der Waals surface area contributed by atoms with Crippen molar-refractivity contribution in [1.82, 2.24) is 19.1 Å². The Balaban J connectivity index is 1.21. The maximum absolute atomic E-state index is 15.1. The van der Waals surface area contributed by atoms with Gasteiger partial charge in [0.25, 0.3) is 5.91 Å². The third-order valence-corrected chi connectivity index (χ3v) is 15.4. The summed E-state index contributed by atoms with van der Waals surface area (Å²) in [6.45, 7) is 4.06. The highest BCUT2D eigenvalue weighted by atomic mass is 32.2. The van der Waals surface area contributed by atoms with Gasteiger partial charge in [0.1, 0.15) is 5.82 Å². The third kappa shape index (κ3) is 4.43. The summed E-state index contributed by atoms with van der Waals surface area (Å²) < 4.78 is 45.4. The minimum atomic E-state index is -3.82. The zero-order chi connectivity index (χ0) is 33.2. The summed E-state index contributed by atoms with van der Waals surface area (Å²) in [6, 6.07) is 11.1. The molecule has 0 spiro atoms. The van der Waals surface area contributed by atoms with Crippen molar-refractivity contribution in [2.24, 2.45) is 5.41 Å². The number of fused-ring (bicyclic) bond motifs is 9. The quantitative estimate of drug-likeness (QED) is 0.333. The summed E-state index contributed by atoms with van der Waals surface area (Å²) in [4.78, 5) is 33.1. The van der Waals surface area contributed by atoms with Crippen LogP contribution in [0.25, 0.3) is 22.2 Å². The first kappa shape index (κ1) is 30.8. The van der Waals surface area contributed by atoms with Crippen LogP contribution < -0.4 is 4.72 Å². The first-order chi connectivity index (χ1) is 23.1. The molecule has 1 N–H and O–H groups in total. The number of hydrogen-bond acceptors (Lipinski definition) is 5. The zero-order valence-corrected chi connectivity index (χ0v) is 28.8. The lowest BCUT2D eigenvalue weighted by Gasteiger charge is -2.41. The Morgan fingerprint density at radius 2 is 1.71 bits per heavy atom. The van der Waals surface area contributed by atoms with Crippen LogP contribution >= 0.6 is 0 Å². The molecule has 2 aromatic carbocycles. The van der Waals surface area contributed by atoms with E-state index in [1.54, 1.807) is 12.1 Å². The second kappa shape index (κ2) is 10.6. The second-order valence-electron chi connectivity index (χ2n) is 15.8. The van der Waals surface area contributed by atoms with Crippen LogP contribution in [0.15, 0.2) is 36.4 Å². The van der Waals surface area contributed by atoms with Crippen molar-refractivity contribution in [2.45, 2.75) is 113 Å². The summed E-state index contributed by atoms with van der Waals surface area (Å²) in [5, 5.41) is 1.04. The standard InChI is InChI=1S/C38H45FN4O4S/c1-3-37(15-16-37)48(46,47)40-35(44)24-9-13-29-32(17-24)42-22-38(36(45)43-26-11-12-27(43)21-41(2)20-26)19-31(38)30-18-25(39)10-14-28(30)34(42)33(29)23-7-5-4-6-8-23/h9-10,13-14,17-18,23,26-27,31H,3-8,11-12,15-16,19-22H2,1-2H3,(H,40,44)/t26?,27?,31-,38-/m0/s1. The number of carbonyl (C=O) groups excluding carboxylic acids is 2. The van der Waals surface area contributed by atoms with E-state index in [9.17, 15) is 18.0 Å². The Labute approximate surface area is 282 Å². The van der Waals surface area contributed by atoms with E-state index in [1.807, 2.05) is 25.1 Å². The average molecular weight is 673 g/mol. The number of nitrogens with zero attached hydrogens (tertiary/aromatic N) is 3. The van der Waals surface area contributed by atoms with Gasteiger partial charge in [-0.1, -0.05) is 32.3 Å². The molecule has 3 aliphatic carbocycles. The van der Waals surface area contributed by atoms with Gasteiger partial charge in [-0.2, -0.15) is 0 Å². The molecule has 3 aromatic rings. The highest BCUT2D eigenvalue weighted by Gasteiger charge is 2.65. The Bertz CT molecular complexity index is 1970. The molecule has 3 saturated carbocycles. The topological polar surface area (TPSA) is 91.7 Å². The van der Waals surface area contributed by atoms with Crippen LogP contribution in [0.5, 0.6) is 0 Å². The van der Waals surface area contributed by atoms with Crippen molar-refractivity contribution in [3.8, 4) is 11.3 Å². The zero-order valence-electron chi connectivity index (χ0n) is 27.9. The summed E-state index contributed by atoms with van der Waals surface area (Å²) in [7, 11) is -1.69. The Hall–Kier alpha value is -3.24. The van der Waals surface area contributed by atoms with Gasteiger partial charge in [0.2, 0.25) is 15.9 Å². The molecular weight excluding hydrogens is 628 g/mol. The summed E-state index contributed by atoms with van der Waals surface area (Å²) in [5.41, 5.74) is 4.62. The first-order valence-corrected chi connectivity index (χ1v) is 19.6. The highest BCUT2D eigenvalue weighted by Crippen LogP contribution is 2.66. The fourth-order valence-corrected chi connectivity index (χ4v) is 11.8. The molecule has 4 atom stereocenters. The first-order valence-electron chi connectivity index (χ1n) is 18.1. The molecule has 2 unspecified atom stereocenters. The summed E-state index contributed by atoms with van der Waals surface area (Å²) in [6.07, 6.45) is 9.89. The molecule has 4 heterocycles. The molecule has 48 heavy (non-hydrogen) atoms. The van der Waals surface area contributed by atoms with Crippen LogP contribution in [-0.4, -0.2) is 71.6 Å². The van der Waals surface area contributed by atoms with E-state index in [1.165, 1.54) is 18.1 Å². The van der Waals surface area contributed by atoms with Gasteiger partial charge >= 0.3 is 0 Å². The van der Waals surface area contributed by atoms with Gasteiger partial charge in [-0.25, -0.2) is 17.5 Å². The van der Waals surface area contributed by atoms with E-state index in [-0.39, 0.29) is 29.7 Å². The highest BCUT2D eigenvalue weighted by molar-refractivity contribution is 7.91. The molecule has 10 heteroatoms. The lowest BCUT2D eigenvalue weighted by atomic mass is 9.81. The molecule has 5 fully saturated rings. The Morgan fingerprint density at radius 1 is 0.979 bits per heavy atom. The van der Waals surface area contributed by atoms with Gasteiger partial charge in [0.15, 0.2) is 0 Å². The molecule has 3 aliphatic heterocycles. The van der Waals surface area contributed by atoms with Gasteiger partial charge in [0, 0.05) is 59.7 Å². The molecule has 9 rings (SSSR count). The molecule has 1 aromatic heterocycles. The molecule has 2 amide bonds. The lowest BCUT2D eigenvalue weighted by Crippen LogP contribution is -2.57. The van der Waals surface area contributed by atoms with Crippen molar-refractivity contribution in [1.29, 1.82) is 0 Å². The summed E-state index contributed by atoms with van der Waals surface area (Å²) in [5.74, 6) is -0.488.